The van der Waals surface area contributed by atoms with Gasteiger partial charge in [0.1, 0.15) is 11.5 Å². The van der Waals surface area contributed by atoms with Gasteiger partial charge in [0.25, 0.3) is 0 Å². The van der Waals surface area contributed by atoms with Gasteiger partial charge in [-0.1, -0.05) is 42.5 Å². The molecule has 0 saturated heterocycles. The Morgan fingerprint density at radius 3 is 1.85 bits per heavy atom. The smallest absolute Gasteiger partial charge is 0.226 e. The normalized spacial score (nSPS) is 10.2. The average molecular weight is 347 g/mol. The third-order valence-corrected chi connectivity index (χ3v) is 3.80. The van der Waals surface area contributed by atoms with E-state index >= 15 is 0 Å². The molecule has 0 saturated carbocycles. The first-order valence-corrected chi connectivity index (χ1v) is 8.41. The molecule has 0 aliphatic rings. The third kappa shape index (κ3) is 4.63. The predicted octanol–water partition coefficient (Wildman–Crippen LogP) is 4.90. The van der Waals surface area contributed by atoms with E-state index in [0.29, 0.717) is 23.7 Å². The number of para-hydroxylation sites is 2. The number of likely N-dealkylation sites (N-methyl/N-ethyl adjacent to an activating group) is 1. The first kappa shape index (κ1) is 17.5. The maximum atomic E-state index is 12.0. The maximum Gasteiger partial charge on any atom is 0.226 e. The summed E-state index contributed by atoms with van der Waals surface area (Å²) in [6.07, 6.45) is 0.309. The number of amides is 1. The number of hydrogen-bond donors (Lipinski definition) is 0. The van der Waals surface area contributed by atoms with Crippen LogP contribution in [0.15, 0.2) is 78.9 Å². The van der Waals surface area contributed by atoms with Crippen LogP contribution in [0.2, 0.25) is 0 Å². The molecule has 4 nitrogen and oxygen atoms in total. The van der Waals surface area contributed by atoms with Crippen LogP contribution < -0.4 is 9.47 Å². The third-order valence-electron chi connectivity index (χ3n) is 3.80. The summed E-state index contributed by atoms with van der Waals surface area (Å²) in [6, 6.07) is 24.6. The molecule has 0 N–H and O–H groups in total. The van der Waals surface area contributed by atoms with Gasteiger partial charge >= 0.3 is 0 Å². The van der Waals surface area contributed by atoms with Gasteiger partial charge < -0.3 is 14.4 Å². The van der Waals surface area contributed by atoms with Gasteiger partial charge in [0.2, 0.25) is 5.91 Å². The molecule has 0 aliphatic heterocycles. The van der Waals surface area contributed by atoms with Crippen LogP contribution >= 0.6 is 0 Å². The number of ether oxygens (including phenoxy) is 2. The molecule has 0 heterocycles. The molecular formula is C22H21NO3. The van der Waals surface area contributed by atoms with E-state index in [1.165, 1.54) is 0 Å². The van der Waals surface area contributed by atoms with Crippen molar-refractivity contribution in [1.29, 1.82) is 0 Å². The van der Waals surface area contributed by atoms with Crippen molar-refractivity contribution in [2.45, 2.75) is 6.42 Å². The first-order chi connectivity index (χ1) is 12.6. The molecule has 132 valence electrons. The Labute approximate surface area is 153 Å². The highest BCUT2D eigenvalue weighted by Gasteiger charge is 2.12. The number of nitrogens with zero attached hydrogens (tertiary/aromatic N) is 1. The Hall–Kier alpha value is -3.27. The van der Waals surface area contributed by atoms with Crippen molar-refractivity contribution in [3.05, 3.63) is 84.4 Å². The van der Waals surface area contributed by atoms with Crippen LogP contribution in [0.25, 0.3) is 0 Å². The monoisotopic (exact) mass is 347 g/mol. The van der Waals surface area contributed by atoms with Gasteiger partial charge in [0.15, 0.2) is 11.5 Å². The topological polar surface area (TPSA) is 38.8 Å². The summed E-state index contributed by atoms with van der Waals surface area (Å²) in [5.41, 5.74) is 0.870. The zero-order chi connectivity index (χ0) is 18.4. The van der Waals surface area contributed by atoms with Gasteiger partial charge in [-0.2, -0.15) is 0 Å². The molecule has 3 aromatic carbocycles. The molecule has 0 fully saturated rings. The number of benzene rings is 3. The Morgan fingerprint density at radius 2 is 1.31 bits per heavy atom. The van der Waals surface area contributed by atoms with E-state index in [0.717, 1.165) is 11.3 Å². The van der Waals surface area contributed by atoms with Crippen molar-refractivity contribution < 1.29 is 14.3 Å². The number of carbonyl (C=O) groups is 1. The predicted molar refractivity (Wildman–Crippen MR) is 102 cm³/mol. The number of hydrogen-bond acceptors (Lipinski definition) is 3. The van der Waals surface area contributed by atoms with Crippen molar-refractivity contribution in [3.8, 4) is 23.0 Å². The summed E-state index contributed by atoms with van der Waals surface area (Å²) in [6.45, 7) is 0. The van der Waals surface area contributed by atoms with Gasteiger partial charge in [-0.3, -0.25) is 4.79 Å². The van der Waals surface area contributed by atoms with Crippen molar-refractivity contribution in [3.63, 3.8) is 0 Å². The Kier molecular flexibility index (Phi) is 5.54. The molecule has 3 rings (SSSR count). The minimum absolute atomic E-state index is 0.0346. The molecule has 0 spiro atoms. The highest BCUT2D eigenvalue weighted by molar-refractivity contribution is 5.78. The van der Waals surface area contributed by atoms with E-state index in [2.05, 4.69) is 0 Å². The van der Waals surface area contributed by atoms with E-state index in [4.69, 9.17) is 9.47 Å². The van der Waals surface area contributed by atoms with Crippen molar-refractivity contribution in [2.75, 3.05) is 14.1 Å². The lowest BCUT2D eigenvalue weighted by Gasteiger charge is -2.15. The molecule has 0 bridgehead atoms. The van der Waals surface area contributed by atoms with Crippen LogP contribution in [0.4, 0.5) is 0 Å². The van der Waals surface area contributed by atoms with E-state index < -0.39 is 0 Å². The van der Waals surface area contributed by atoms with Crippen molar-refractivity contribution in [1.82, 2.24) is 4.90 Å². The van der Waals surface area contributed by atoms with Gasteiger partial charge in [0, 0.05) is 14.1 Å². The summed E-state index contributed by atoms with van der Waals surface area (Å²) in [5, 5.41) is 0. The SMILES string of the molecule is CN(C)C(=O)Cc1ccc(Oc2ccccc2)c(Oc2ccccc2)c1. The zero-order valence-electron chi connectivity index (χ0n) is 14.9. The summed E-state index contributed by atoms with van der Waals surface area (Å²) in [5.74, 6) is 2.64. The Bertz CT molecular complexity index is 861. The molecule has 0 unspecified atom stereocenters. The zero-order valence-corrected chi connectivity index (χ0v) is 14.9. The molecule has 4 heteroatoms. The minimum Gasteiger partial charge on any atom is -0.453 e. The van der Waals surface area contributed by atoms with Gasteiger partial charge in [-0.25, -0.2) is 0 Å². The lowest BCUT2D eigenvalue weighted by molar-refractivity contribution is -0.127. The Balaban J connectivity index is 1.90. The summed E-state index contributed by atoms with van der Waals surface area (Å²) in [4.78, 5) is 13.6. The van der Waals surface area contributed by atoms with E-state index in [1.807, 2.05) is 78.9 Å². The molecule has 0 aliphatic carbocycles. The molecule has 0 atom stereocenters. The van der Waals surface area contributed by atoms with Crippen LogP contribution in [0.5, 0.6) is 23.0 Å². The molecule has 3 aromatic rings. The highest BCUT2D eigenvalue weighted by Crippen LogP contribution is 2.35. The second-order valence-electron chi connectivity index (χ2n) is 6.08. The fourth-order valence-electron chi connectivity index (χ4n) is 2.39. The molecule has 0 aromatic heterocycles. The van der Waals surface area contributed by atoms with Gasteiger partial charge in [0.05, 0.1) is 6.42 Å². The lowest BCUT2D eigenvalue weighted by Crippen LogP contribution is -2.23. The second-order valence-corrected chi connectivity index (χ2v) is 6.08. The molecule has 0 radical (unpaired) electrons. The van der Waals surface area contributed by atoms with Crippen molar-refractivity contribution in [2.24, 2.45) is 0 Å². The van der Waals surface area contributed by atoms with E-state index in [9.17, 15) is 4.79 Å². The minimum atomic E-state index is 0.0346. The average Bonchev–Trinajstić information content (AvgIpc) is 2.65. The summed E-state index contributed by atoms with van der Waals surface area (Å²) >= 11 is 0. The van der Waals surface area contributed by atoms with Crippen molar-refractivity contribution >= 4 is 5.91 Å². The standard InChI is InChI=1S/C22H21NO3/c1-23(2)22(24)16-17-13-14-20(25-18-9-5-3-6-10-18)21(15-17)26-19-11-7-4-8-12-19/h3-15H,16H2,1-2H3. The van der Waals surface area contributed by atoms with Crippen LogP contribution in [-0.2, 0) is 11.2 Å². The fourth-order valence-corrected chi connectivity index (χ4v) is 2.39. The quantitative estimate of drug-likeness (QED) is 0.636. The van der Waals surface area contributed by atoms with Crippen LogP contribution in [0.3, 0.4) is 0 Å². The van der Waals surface area contributed by atoms with Crippen LogP contribution in [-0.4, -0.2) is 24.9 Å². The summed E-state index contributed by atoms with van der Waals surface area (Å²) in [7, 11) is 3.49. The second kappa shape index (κ2) is 8.21. The van der Waals surface area contributed by atoms with E-state index in [1.54, 1.807) is 19.0 Å². The summed E-state index contributed by atoms with van der Waals surface area (Å²) < 4.78 is 12.0. The number of rotatable bonds is 6. The Morgan fingerprint density at radius 1 is 0.769 bits per heavy atom. The fraction of sp³-hybridized carbons (Fsp3) is 0.136. The number of carbonyl (C=O) groups excluding carboxylic acids is 1. The van der Waals surface area contributed by atoms with Gasteiger partial charge in [-0.05, 0) is 42.0 Å². The maximum absolute atomic E-state index is 12.0. The molecule has 1 amide bonds. The van der Waals surface area contributed by atoms with Crippen LogP contribution in [0, 0.1) is 0 Å². The first-order valence-electron chi connectivity index (χ1n) is 8.41. The molecular weight excluding hydrogens is 326 g/mol. The molecule has 26 heavy (non-hydrogen) atoms. The van der Waals surface area contributed by atoms with Gasteiger partial charge in [-0.15, -0.1) is 0 Å². The van der Waals surface area contributed by atoms with Crippen LogP contribution in [0.1, 0.15) is 5.56 Å². The largest absolute Gasteiger partial charge is 0.453 e. The lowest BCUT2D eigenvalue weighted by atomic mass is 10.1. The highest BCUT2D eigenvalue weighted by atomic mass is 16.5. The van der Waals surface area contributed by atoms with E-state index in [-0.39, 0.29) is 5.91 Å².